The summed E-state index contributed by atoms with van der Waals surface area (Å²) < 4.78 is 20.8. The van der Waals surface area contributed by atoms with Crippen molar-refractivity contribution in [3.05, 3.63) is 11.6 Å². The molecule has 0 radical (unpaired) electrons. The van der Waals surface area contributed by atoms with Crippen LogP contribution in [-0.4, -0.2) is 50.7 Å². The van der Waals surface area contributed by atoms with Crippen molar-refractivity contribution >= 4 is 18.2 Å². The van der Waals surface area contributed by atoms with Gasteiger partial charge in [0.15, 0.2) is 0 Å². The molecule has 8 nitrogen and oxygen atoms in total. The number of carbonyl (C=O) groups is 3. The van der Waals surface area contributed by atoms with Gasteiger partial charge in [-0.2, -0.15) is 0 Å². The summed E-state index contributed by atoms with van der Waals surface area (Å²) >= 11 is 0. The Kier molecular flexibility index (Phi) is 9.96. The van der Waals surface area contributed by atoms with E-state index in [1.54, 1.807) is 6.92 Å². The first kappa shape index (κ1) is 33.1. The molecular formula is C36H57NO7. The number of hydrogen-bond acceptors (Lipinski definition) is 7. The number of allylic oxidation sites excluding steroid dienone is 1. The van der Waals surface area contributed by atoms with E-state index in [4.69, 9.17) is 18.9 Å². The van der Waals surface area contributed by atoms with Gasteiger partial charge in [0, 0.05) is 6.42 Å². The average Bonchev–Trinajstić information content (AvgIpc) is 3.34. The number of hydrogen-bond donors (Lipinski definition) is 1. The average molecular weight is 616 g/mol. The van der Waals surface area contributed by atoms with Crippen molar-refractivity contribution in [1.82, 2.24) is 5.32 Å². The Balaban J connectivity index is 1.09. The van der Waals surface area contributed by atoms with Gasteiger partial charge >= 0.3 is 18.2 Å². The molecule has 5 aliphatic rings. The van der Waals surface area contributed by atoms with Gasteiger partial charge in [-0.15, -0.1) is 0 Å². The van der Waals surface area contributed by atoms with E-state index >= 15 is 0 Å². The minimum atomic E-state index is -1.04. The van der Waals surface area contributed by atoms with Crippen molar-refractivity contribution in [2.24, 2.45) is 51.8 Å². The van der Waals surface area contributed by atoms with E-state index in [1.165, 1.54) is 56.9 Å². The molecule has 0 aromatic rings. The number of amides is 1. The van der Waals surface area contributed by atoms with E-state index in [2.05, 4.69) is 46.0 Å². The van der Waals surface area contributed by atoms with Crippen molar-refractivity contribution in [3.63, 3.8) is 0 Å². The van der Waals surface area contributed by atoms with Crippen molar-refractivity contribution in [1.29, 1.82) is 0 Å². The van der Waals surface area contributed by atoms with E-state index in [-0.39, 0.29) is 37.9 Å². The van der Waals surface area contributed by atoms with Crippen LogP contribution in [0.3, 0.4) is 0 Å². The van der Waals surface area contributed by atoms with Crippen LogP contribution in [0.4, 0.5) is 9.59 Å². The number of rotatable bonds is 10. The summed E-state index contributed by atoms with van der Waals surface area (Å²) in [6.07, 6.45) is 14.7. The molecular weight excluding hydrogens is 558 g/mol. The molecule has 8 heteroatoms. The monoisotopic (exact) mass is 615 g/mol. The van der Waals surface area contributed by atoms with Crippen LogP contribution in [0.1, 0.15) is 112 Å². The Bertz CT molecular complexity index is 1090. The summed E-state index contributed by atoms with van der Waals surface area (Å²) in [6, 6.07) is 0. The first-order chi connectivity index (χ1) is 20.9. The maximum absolute atomic E-state index is 12.6. The number of fused-ring (bicyclic) bond motifs is 5. The number of carbonyl (C=O) groups excluding carboxylic acids is 3. The van der Waals surface area contributed by atoms with Crippen LogP contribution in [0.2, 0.25) is 0 Å². The normalized spacial score (nSPS) is 36.5. The molecule has 1 N–H and O–H groups in total. The summed E-state index contributed by atoms with van der Waals surface area (Å²) in [6.45, 7) is 14.0. The second-order valence-corrected chi connectivity index (χ2v) is 16.0. The molecule has 1 heterocycles. The van der Waals surface area contributed by atoms with Crippen LogP contribution < -0.4 is 5.32 Å². The van der Waals surface area contributed by atoms with Gasteiger partial charge in [-0.05, 0) is 98.2 Å². The summed E-state index contributed by atoms with van der Waals surface area (Å²) in [5, 5.41) is 2.72. The highest BCUT2D eigenvalue weighted by atomic mass is 16.7. The first-order valence-corrected chi connectivity index (χ1v) is 17.5. The Hall–Kier alpha value is -2.25. The lowest BCUT2D eigenvalue weighted by atomic mass is 9.47. The third kappa shape index (κ3) is 6.65. The Morgan fingerprint density at radius 3 is 2.48 bits per heavy atom. The predicted octanol–water partition coefficient (Wildman–Crippen LogP) is 7.84. The molecule has 248 valence electrons. The highest BCUT2D eigenvalue weighted by Crippen LogP contribution is 2.67. The second-order valence-electron chi connectivity index (χ2n) is 16.0. The molecule has 0 bridgehead atoms. The molecule has 8 atom stereocenters. The Morgan fingerprint density at radius 2 is 1.75 bits per heavy atom. The van der Waals surface area contributed by atoms with Crippen LogP contribution >= 0.6 is 0 Å². The second kappa shape index (κ2) is 13.2. The Morgan fingerprint density at radius 1 is 1.00 bits per heavy atom. The van der Waals surface area contributed by atoms with Gasteiger partial charge in [-0.3, -0.25) is 4.79 Å². The largest absolute Gasteiger partial charge is 0.508 e. The van der Waals surface area contributed by atoms with Gasteiger partial charge in [0.25, 0.3) is 0 Å². The quantitative estimate of drug-likeness (QED) is 0.116. The van der Waals surface area contributed by atoms with Gasteiger partial charge in [-0.1, -0.05) is 65.5 Å². The van der Waals surface area contributed by atoms with E-state index < -0.39 is 23.6 Å². The number of cyclic esters (lactones) is 2. The summed E-state index contributed by atoms with van der Waals surface area (Å²) in [5.41, 5.74) is 1.16. The molecule has 0 aromatic carbocycles. The zero-order chi connectivity index (χ0) is 31.7. The molecule has 0 spiro atoms. The summed E-state index contributed by atoms with van der Waals surface area (Å²) in [5.74, 6) is 4.33. The fourth-order valence-electron chi connectivity index (χ4n) is 10.1. The fourth-order valence-corrected chi connectivity index (χ4v) is 10.1. The standard InChI is InChI=1S/C36H57NO7/c1-23(2)8-7-9-24(3)28-12-13-29-27-11-10-25-20-26(14-16-35(25,5)30(27)15-17-36(28,29)6)44-32(39)37-18-19-41-31(38)34(4)21-42-33(40)43-22-34/h10,23-24,26-30H,7-9,11-22H2,1-6H3,(H,37,39)/t24-,26?,27+,28?,29+,30+,35+,36-/m1/s1. The molecule has 44 heavy (non-hydrogen) atoms. The maximum atomic E-state index is 12.6. The lowest BCUT2D eigenvalue weighted by molar-refractivity contribution is -0.165. The van der Waals surface area contributed by atoms with Crippen LogP contribution in [0.15, 0.2) is 11.6 Å². The molecule has 5 rings (SSSR count). The third-order valence-electron chi connectivity index (χ3n) is 12.6. The van der Waals surface area contributed by atoms with Crippen molar-refractivity contribution in [2.75, 3.05) is 26.4 Å². The van der Waals surface area contributed by atoms with E-state index in [0.29, 0.717) is 5.41 Å². The van der Waals surface area contributed by atoms with Gasteiger partial charge in [0.2, 0.25) is 0 Å². The van der Waals surface area contributed by atoms with Crippen LogP contribution in [-0.2, 0) is 23.7 Å². The minimum Gasteiger partial charge on any atom is -0.463 e. The fraction of sp³-hybridized carbons (Fsp3) is 0.861. The van der Waals surface area contributed by atoms with Gasteiger partial charge in [0.05, 0.1) is 6.54 Å². The molecule has 3 saturated carbocycles. The lowest BCUT2D eigenvalue weighted by Gasteiger charge is -2.58. The SMILES string of the molecule is CC(C)CCC[C@@H](C)C1CC[C@H]2[C@@H]3CC=C4CC(OC(=O)NCCOC(=O)C5(C)COC(=O)OC5)CC[C@]4(C)[C@H]3CC[C@]12C. The van der Waals surface area contributed by atoms with Crippen LogP contribution in [0.25, 0.3) is 0 Å². The van der Waals surface area contributed by atoms with Crippen LogP contribution in [0.5, 0.6) is 0 Å². The molecule has 1 aliphatic heterocycles. The van der Waals surface area contributed by atoms with Gasteiger partial charge in [0.1, 0.15) is 31.3 Å². The number of ether oxygens (including phenoxy) is 4. The smallest absolute Gasteiger partial charge is 0.463 e. The highest BCUT2D eigenvalue weighted by Gasteiger charge is 2.59. The third-order valence-corrected chi connectivity index (χ3v) is 12.6. The van der Waals surface area contributed by atoms with Crippen molar-refractivity contribution < 1.29 is 33.3 Å². The highest BCUT2D eigenvalue weighted by molar-refractivity contribution is 5.78. The van der Waals surface area contributed by atoms with Crippen LogP contribution in [0, 0.1) is 51.8 Å². The van der Waals surface area contributed by atoms with E-state index in [0.717, 1.165) is 54.8 Å². The zero-order valence-electron chi connectivity index (χ0n) is 28.1. The maximum Gasteiger partial charge on any atom is 0.508 e. The van der Waals surface area contributed by atoms with Gasteiger partial charge < -0.3 is 24.3 Å². The molecule has 1 amide bonds. The molecule has 1 saturated heterocycles. The molecule has 0 aromatic heterocycles. The lowest BCUT2D eigenvalue weighted by Crippen LogP contribution is -2.51. The first-order valence-electron chi connectivity index (χ1n) is 17.5. The van der Waals surface area contributed by atoms with Gasteiger partial charge in [-0.25, -0.2) is 9.59 Å². The molecule has 2 unspecified atom stereocenters. The summed E-state index contributed by atoms with van der Waals surface area (Å²) in [4.78, 5) is 36.1. The molecule has 4 aliphatic carbocycles. The minimum absolute atomic E-state index is 0.00605. The topological polar surface area (TPSA) is 100 Å². The van der Waals surface area contributed by atoms with E-state index in [9.17, 15) is 14.4 Å². The van der Waals surface area contributed by atoms with Crippen molar-refractivity contribution in [3.8, 4) is 0 Å². The number of nitrogens with one attached hydrogen (secondary N) is 1. The Labute approximate surface area is 264 Å². The summed E-state index contributed by atoms with van der Waals surface area (Å²) in [7, 11) is 0. The van der Waals surface area contributed by atoms with E-state index in [1.807, 2.05) is 0 Å². The number of esters is 1. The predicted molar refractivity (Wildman–Crippen MR) is 168 cm³/mol. The zero-order valence-corrected chi connectivity index (χ0v) is 28.1. The number of alkyl carbamates (subject to hydrolysis) is 1. The molecule has 4 fully saturated rings. The van der Waals surface area contributed by atoms with Crippen molar-refractivity contribution in [2.45, 2.75) is 118 Å².